The number of nitrogens with zero attached hydrogens (tertiary/aromatic N) is 2. The van der Waals surface area contributed by atoms with Crippen LogP contribution in [-0.4, -0.2) is 23.4 Å². The van der Waals surface area contributed by atoms with E-state index in [1.807, 2.05) is 13.8 Å². The Hall–Kier alpha value is -1.50. The molecule has 0 aliphatic heterocycles. The molecule has 0 saturated heterocycles. The van der Waals surface area contributed by atoms with Crippen LogP contribution < -0.4 is 0 Å². The molecule has 5 nitrogen and oxygen atoms in total. The fourth-order valence-electron chi connectivity index (χ4n) is 1.67. The maximum absolute atomic E-state index is 13.2. The van der Waals surface area contributed by atoms with Gasteiger partial charge in [0.2, 0.25) is 0 Å². The Morgan fingerprint density at radius 3 is 2.72 bits per heavy atom. The Balaban J connectivity index is 2.51. The van der Waals surface area contributed by atoms with Crippen molar-refractivity contribution >= 4 is 21.3 Å². The molecule has 7 heteroatoms. The summed E-state index contributed by atoms with van der Waals surface area (Å²) in [6.45, 7) is 4.08. The highest BCUT2D eigenvalue weighted by Crippen LogP contribution is 2.21. The van der Waals surface area contributed by atoms with Gasteiger partial charge in [0.05, 0.1) is 5.39 Å². The van der Waals surface area contributed by atoms with Crippen molar-refractivity contribution in [3.63, 3.8) is 0 Å². The predicted octanol–water partition coefficient (Wildman–Crippen LogP) is 2.20. The smallest absolute Gasteiger partial charge is 0.346 e. The van der Waals surface area contributed by atoms with E-state index in [1.54, 1.807) is 0 Å². The SMILES string of the molecule is CC(C)CCc1nc(S(=O)(=O)F)c2cc[nH]c2n1. The van der Waals surface area contributed by atoms with E-state index in [1.165, 1.54) is 12.3 Å². The van der Waals surface area contributed by atoms with Gasteiger partial charge in [0.15, 0.2) is 5.03 Å². The van der Waals surface area contributed by atoms with Crippen LogP contribution in [0.25, 0.3) is 11.0 Å². The second kappa shape index (κ2) is 4.64. The fraction of sp³-hybridized carbons (Fsp3) is 0.455. The van der Waals surface area contributed by atoms with Gasteiger partial charge >= 0.3 is 10.2 Å². The summed E-state index contributed by atoms with van der Waals surface area (Å²) < 4.78 is 35.3. The summed E-state index contributed by atoms with van der Waals surface area (Å²) in [5.74, 6) is 0.785. The van der Waals surface area contributed by atoms with Crippen LogP contribution in [0.2, 0.25) is 0 Å². The van der Waals surface area contributed by atoms with Crippen molar-refractivity contribution in [3.8, 4) is 0 Å². The summed E-state index contributed by atoms with van der Waals surface area (Å²) in [4.78, 5) is 10.8. The van der Waals surface area contributed by atoms with Gasteiger partial charge in [0.25, 0.3) is 0 Å². The molecule has 0 spiro atoms. The van der Waals surface area contributed by atoms with Crippen molar-refractivity contribution < 1.29 is 12.3 Å². The minimum atomic E-state index is -4.83. The minimum absolute atomic E-state index is 0.186. The molecule has 0 aromatic carbocycles. The number of hydrogen-bond acceptors (Lipinski definition) is 4. The third kappa shape index (κ3) is 2.66. The molecular formula is C11H14FN3O2S. The Morgan fingerprint density at radius 2 is 2.11 bits per heavy atom. The first-order valence-electron chi connectivity index (χ1n) is 5.66. The van der Waals surface area contributed by atoms with Gasteiger partial charge in [-0.2, -0.15) is 8.42 Å². The molecule has 2 heterocycles. The van der Waals surface area contributed by atoms with E-state index in [0.29, 0.717) is 23.8 Å². The maximum atomic E-state index is 13.2. The van der Waals surface area contributed by atoms with Crippen LogP contribution in [0.1, 0.15) is 26.1 Å². The van der Waals surface area contributed by atoms with Crippen LogP contribution in [0.15, 0.2) is 17.3 Å². The summed E-state index contributed by atoms with van der Waals surface area (Å²) >= 11 is 0. The molecule has 98 valence electrons. The Labute approximate surface area is 105 Å². The molecule has 0 amide bonds. The van der Waals surface area contributed by atoms with Gasteiger partial charge in [-0.1, -0.05) is 17.7 Å². The van der Waals surface area contributed by atoms with Gasteiger partial charge in [0, 0.05) is 12.6 Å². The summed E-state index contributed by atoms with van der Waals surface area (Å²) in [5.41, 5.74) is 0.347. The summed E-state index contributed by atoms with van der Waals surface area (Å²) in [7, 11) is -4.83. The second-order valence-corrected chi connectivity index (χ2v) is 5.82. The molecule has 2 rings (SSSR count). The molecule has 1 N–H and O–H groups in total. The molecule has 2 aromatic heterocycles. The summed E-state index contributed by atoms with van der Waals surface area (Å²) in [6, 6.07) is 1.45. The summed E-state index contributed by atoms with van der Waals surface area (Å²) in [5, 5.41) is -0.363. The zero-order valence-electron chi connectivity index (χ0n) is 10.1. The quantitative estimate of drug-likeness (QED) is 0.683. The zero-order valence-corrected chi connectivity index (χ0v) is 11.0. The Morgan fingerprint density at radius 1 is 1.39 bits per heavy atom. The number of H-pyrrole nitrogens is 1. The van der Waals surface area contributed by atoms with Crippen LogP contribution in [0.5, 0.6) is 0 Å². The second-order valence-electron chi connectivity index (χ2n) is 4.56. The standard InChI is InChI=1S/C11H14FN3O2S/c1-7(2)3-4-9-14-10-8(5-6-13-10)11(15-9)18(12,16)17/h5-7H,3-4H2,1-2H3,(H,13,14,15). The largest absolute Gasteiger partial charge is 0.350 e. The van der Waals surface area contributed by atoms with E-state index in [9.17, 15) is 12.3 Å². The van der Waals surface area contributed by atoms with Crippen molar-refractivity contribution in [2.24, 2.45) is 5.92 Å². The molecule has 0 saturated carbocycles. The van der Waals surface area contributed by atoms with Gasteiger partial charge < -0.3 is 4.98 Å². The number of halogens is 1. The number of aromatic nitrogens is 3. The van der Waals surface area contributed by atoms with Crippen molar-refractivity contribution in [3.05, 3.63) is 18.1 Å². The van der Waals surface area contributed by atoms with Crippen molar-refractivity contribution in [2.45, 2.75) is 31.7 Å². The monoisotopic (exact) mass is 271 g/mol. The van der Waals surface area contributed by atoms with Crippen LogP contribution in [0, 0.1) is 5.92 Å². The molecule has 18 heavy (non-hydrogen) atoms. The zero-order chi connectivity index (χ0) is 13.3. The Kier molecular flexibility index (Phi) is 3.34. The van der Waals surface area contributed by atoms with E-state index < -0.39 is 15.2 Å². The lowest BCUT2D eigenvalue weighted by Gasteiger charge is -2.05. The molecule has 0 aliphatic rings. The average Bonchev–Trinajstić information content (AvgIpc) is 2.71. The lowest BCUT2D eigenvalue weighted by atomic mass is 10.1. The highest BCUT2D eigenvalue weighted by molar-refractivity contribution is 7.86. The number of fused-ring (bicyclic) bond motifs is 1. The van der Waals surface area contributed by atoms with Gasteiger partial charge in [0.1, 0.15) is 11.5 Å². The van der Waals surface area contributed by atoms with E-state index in [-0.39, 0.29) is 5.39 Å². The van der Waals surface area contributed by atoms with Crippen molar-refractivity contribution in [1.29, 1.82) is 0 Å². The number of hydrogen-bond donors (Lipinski definition) is 1. The first-order chi connectivity index (χ1) is 8.38. The summed E-state index contributed by atoms with van der Waals surface area (Å²) in [6.07, 6.45) is 2.85. The third-order valence-electron chi connectivity index (χ3n) is 2.60. The highest BCUT2D eigenvalue weighted by Gasteiger charge is 2.20. The molecule has 0 unspecified atom stereocenters. The van der Waals surface area contributed by atoms with Gasteiger partial charge in [-0.15, -0.1) is 0 Å². The predicted molar refractivity (Wildman–Crippen MR) is 65.3 cm³/mol. The molecule has 0 fully saturated rings. The maximum Gasteiger partial charge on any atom is 0.350 e. The van der Waals surface area contributed by atoms with E-state index in [0.717, 1.165) is 6.42 Å². The minimum Gasteiger partial charge on any atom is -0.346 e. The molecular weight excluding hydrogens is 257 g/mol. The van der Waals surface area contributed by atoms with Crippen LogP contribution >= 0.6 is 0 Å². The third-order valence-corrected chi connectivity index (χ3v) is 3.38. The highest BCUT2D eigenvalue weighted by atomic mass is 32.3. The van der Waals surface area contributed by atoms with E-state index in [2.05, 4.69) is 15.0 Å². The van der Waals surface area contributed by atoms with E-state index in [4.69, 9.17) is 0 Å². The van der Waals surface area contributed by atoms with Crippen molar-refractivity contribution in [1.82, 2.24) is 15.0 Å². The number of nitrogens with one attached hydrogen (secondary N) is 1. The van der Waals surface area contributed by atoms with Crippen molar-refractivity contribution in [2.75, 3.05) is 0 Å². The molecule has 2 aromatic rings. The van der Waals surface area contributed by atoms with Crippen LogP contribution in [0.3, 0.4) is 0 Å². The first kappa shape index (κ1) is 12.9. The van der Waals surface area contributed by atoms with Crippen LogP contribution in [0.4, 0.5) is 3.89 Å². The van der Waals surface area contributed by atoms with Crippen LogP contribution in [-0.2, 0) is 16.6 Å². The van der Waals surface area contributed by atoms with Gasteiger partial charge in [-0.25, -0.2) is 9.97 Å². The number of rotatable bonds is 4. The Bertz CT molecular complexity index is 664. The first-order valence-corrected chi connectivity index (χ1v) is 7.05. The molecule has 0 radical (unpaired) electrons. The normalized spacial score (nSPS) is 12.4. The number of aromatic amines is 1. The average molecular weight is 271 g/mol. The lowest BCUT2D eigenvalue weighted by molar-refractivity contribution is 0.545. The van der Waals surface area contributed by atoms with Gasteiger partial charge in [-0.05, 0) is 18.4 Å². The fourth-order valence-corrected chi connectivity index (χ4v) is 2.31. The molecule has 0 bridgehead atoms. The molecule has 0 atom stereocenters. The topological polar surface area (TPSA) is 75.7 Å². The lowest BCUT2D eigenvalue weighted by Crippen LogP contribution is -2.05. The van der Waals surface area contributed by atoms with Gasteiger partial charge in [-0.3, -0.25) is 0 Å². The molecule has 0 aliphatic carbocycles. The van der Waals surface area contributed by atoms with E-state index >= 15 is 0 Å². The number of aryl methyl sites for hydroxylation is 1.